The SMILES string of the molecule is CC(=O)c1cccc(S(=O)(=O)Nc2ncccc2Cl)c1. The Morgan fingerprint density at radius 1 is 1.25 bits per heavy atom. The summed E-state index contributed by atoms with van der Waals surface area (Å²) in [6, 6.07) is 8.88. The van der Waals surface area contributed by atoms with E-state index in [2.05, 4.69) is 9.71 Å². The third-order valence-corrected chi connectivity index (χ3v) is 4.18. The topological polar surface area (TPSA) is 76.1 Å². The molecule has 0 saturated carbocycles. The highest BCUT2D eigenvalue weighted by Gasteiger charge is 2.17. The fourth-order valence-corrected chi connectivity index (χ4v) is 2.83. The Bertz CT molecular complexity index is 760. The van der Waals surface area contributed by atoms with Crippen molar-refractivity contribution in [3.63, 3.8) is 0 Å². The Hall–Kier alpha value is -1.92. The molecule has 0 unspecified atom stereocenters. The highest BCUT2D eigenvalue weighted by atomic mass is 35.5. The highest BCUT2D eigenvalue weighted by molar-refractivity contribution is 7.92. The second-order valence-electron chi connectivity index (χ2n) is 4.02. The molecule has 0 amide bonds. The zero-order valence-corrected chi connectivity index (χ0v) is 12.1. The minimum atomic E-state index is -3.84. The average molecular weight is 311 g/mol. The minimum absolute atomic E-state index is 0.0214. The van der Waals surface area contributed by atoms with E-state index in [4.69, 9.17) is 11.6 Å². The van der Waals surface area contributed by atoms with Crippen molar-refractivity contribution >= 4 is 33.2 Å². The number of Topliss-reactive ketones (excluding diaryl/α,β-unsaturated/α-hetero) is 1. The number of benzene rings is 1. The first-order valence-electron chi connectivity index (χ1n) is 5.64. The molecule has 1 aromatic heterocycles. The monoisotopic (exact) mass is 310 g/mol. The van der Waals surface area contributed by atoms with Crippen LogP contribution in [0.4, 0.5) is 5.82 Å². The Morgan fingerprint density at radius 3 is 2.65 bits per heavy atom. The molecular formula is C13H11ClN2O3S. The van der Waals surface area contributed by atoms with Gasteiger partial charge >= 0.3 is 0 Å². The zero-order valence-electron chi connectivity index (χ0n) is 10.5. The van der Waals surface area contributed by atoms with E-state index in [9.17, 15) is 13.2 Å². The van der Waals surface area contributed by atoms with Gasteiger partial charge in [0.15, 0.2) is 11.6 Å². The molecule has 7 heteroatoms. The first kappa shape index (κ1) is 14.5. The lowest BCUT2D eigenvalue weighted by Crippen LogP contribution is -2.14. The maximum Gasteiger partial charge on any atom is 0.263 e. The van der Waals surface area contributed by atoms with Gasteiger partial charge in [0.1, 0.15) is 0 Å². The fourth-order valence-electron chi connectivity index (χ4n) is 1.53. The summed E-state index contributed by atoms with van der Waals surface area (Å²) in [5.41, 5.74) is 0.319. The van der Waals surface area contributed by atoms with E-state index >= 15 is 0 Å². The van der Waals surface area contributed by atoms with Crippen LogP contribution < -0.4 is 4.72 Å². The van der Waals surface area contributed by atoms with Gasteiger partial charge in [0.05, 0.1) is 9.92 Å². The highest BCUT2D eigenvalue weighted by Crippen LogP contribution is 2.22. The first-order valence-corrected chi connectivity index (χ1v) is 7.50. The number of rotatable bonds is 4. The number of anilines is 1. The molecule has 1 aromatic carbocycles. The summed E-state index contributed by atoms with van der Waals surface area (Å²) in [5, 5.41) is 0.193. The minimum Gasteiger partial charge on any atom is -0.295 e. The van der Waals surface area contributed by atoms with Crippen molar-refractivity contribution in [1.29, 1.82) is 0 Å². The summed E-state index contributed by atoms with van der Waals surface area (Å²) < 4.78 is 26.7. The molecule has 0 aliphatic rings. The van der Waals surface area contributed by atoms with Crippen LogP contribution in [0.1, 0.15) is 17.3 Å². The number of carbonyl (C=O) groups is 1. The van der Waals surface area contributed by atoms with Crippen molar-refractivity contribution in [3.8, 4) is 0 Å². The molecule has 0 radical (unpaired) electrons. The van der Waals surface area contributed by atoms with Crippen LogP contribution in [0.3, 0.4) is 0 Å². The van der Waals surface area contributed by atoms with Gasteiger partial charge in [-0.1, -0.05) is 23.7 Å². The number of nitrogens with one attached hydrogen (secondary N) is 1. The van der Waals surface area contributed by atoms with Gasteiger partial charge in [-0.15, -0.1) is 0 Å². The number of ketones is 1. The van der Waals surface area contributed by atoms with Crippen molar-refractivity contribution < 1.29 is 13.2 Å². The maximum atomic E-state index is 12.2. The van der Waals surface area contributed by atoms with E-state index in [1.54, 1.807) is 12.1 Å². The molecule has 0 aliphatic carbocycles. The lowest BCUT2D eigenvalue weighted by Gasteiger charge is -2.09. The summed E-state index contributed by atoms with van der Waals surface area (Å²) in [7, 11) is -3.84. The van der Waals surface area contributed by atoms with Gasteiger partial charge in [-0.05, 0) is 31.2 Å². The number of hydrogen-bond acceptors (Lipinski definition) is 4. The number of hydrogen-bond donors (Lipinski definition) is 1. The number of halogens is 1. The average Bonchev–Trinajstić information content (AvgIpc) is 2.41. The molecule has 104 valence electrons. The van der Waals surface area contributed by atoms with Crippen molar-refractivity contribution in [2.75, 3.05) is 4.72 Å². The molecule has 0 saturated heterocycles. The smallest absolute Gasteiger partial charge is 0.263 e. The summed E-state index contributed by atoms with van der Waals surface area (Å²) >= 11 is 5.86. The standard InChI is InChI=1S/C13H11ClN2O3S/c1-9(17)10-4-2-5-11(8-10)20(18,19)16-13-12(14)6-3-7-15-13/h2-8H,1H3,(H,15,16). The molecule has 1 N–H and O–H groups in total. The molecular weight excluding hydrogens is 300 g/mol. The van der Waals surface area contributed by atoms with E-state index < -0.39 is 10.0 Å². The van der Waals surface area contributed by atoms with Gasteiger partial charge in [-0.25, -0.2) is 13.4 Å². The summed E-state index contributed by atoms with van der Waals surface area (Å²) in [4.78, 5) is 15.1. The van der Waals surface area contributed by atoms with Crippen LogP contribution in [0.5, 0.6) is 0 Å². The molecule has 0 aliphatic heterocycles. The molecule has 0 fully saturated rings. The third kappa shape index (κ3) is 3.15. The van der Waals surface area contributed by atoms with Gasteiger partial charge in [0.2, 0.25) is 0 Å². The molecule has 20 heavy (non-hydrogen) atoms. The predicted octanol–water partition coefficient (Wildman–Crippen LogP) is 2.74. The van der Waals surface area contributed by atoms with Crippen LogP contribution in [-0.4, -0.2) is 19.2 Å². The van der Waals surface area contributed by atoms with Crippen molar-refractivity contribution in [3.05, 3.63) is 53.2 Å². The first-order chi connectivity index (χ1) is 9.40. The van der Waals surface area contributed by atoms with E-state index in [0.29, 0.717) is 5.56 Å². The van der Waals surface area contributed by atoms with Crippen LogP contribution in [0.15, 0.2) is 47.5 Å². The molecule has 0 bridgehead atoms. The van der Waals surface area contributed by atoms with Crippen LogP contribution in [0.2, 0.25) is 5.02 Å². The Kier molecular flexibility index (Phi) is 4.06. The summed E-state index contributed by atoms with van der Waals surface area (Å²) in [6.45, 7) is 1.37. The molecule has 0 atom stereocenters. The molecule has 1 heterocycles. The van der Waals surface area contributed by atoms with Crippen LogP contribution in [-0.2, 0) is 10.0 Å². The Morgan fingerprint density at radius 2 is 2.00 bits per heavy atom. The number of aromatic nitrogens is 1. The predicted molar refractivity (Wildman–Crippen MR) is 76.5 cm³/mol. The van der Waals surface area contributed by atoms with Crippen LogP contribution in [0.25, 0.3) is 0 Å². The number of carbonyl (C=O) groups excluding carboxylic acids is 1. The third-order valence-electron chi connectivity index (χ3n) is 2.54. The summed E-state index contributed by atoms with van der Waals surface area (Å²) in [5.74, 6) is -0.166. The number of sulfonamides is 1. The second-order valence-corrected chi connectivity index (χ2v) is 6.11. The van der Waals surface area contributed by atoms with Gasteiger partial charge in [0, 0.05) is 11.8 Å². The normalized spacial score (nSPS) is 11.1. The lowest BCUT2D eigenvalue weighted by atomic mass is 10.2. The van der Waals surface area contributed by atoms with E-state index in [1.165, 1.54) is 37.4 Å². The van der Waals surface area contributed by atoms with Gasteiger partial charge in [-0.2, -0.15) is 0 Å². The van der Waals surface area contributed by atoms with Gasteiger partial charge in [-0.3, -0.25) is 9.52 Å². The van der Waals surface area contributed by atoms with Crippen LogP contribution >= 0.6 is 11.6 Å². The molecule has 0 spiro atoms. The summed E-state index contributed by atoms with van der Waals surface area (Å²) in [6.07, 6.45) is 1.43. The van der Waals surface area contributed by atoms with Gasteiger partial charge in [0.25, 0.3) is 10.0 Å². The largest absolute Gasteiger partial charge is 0.295 e. The Balaban J connectivity index is 2.38. The van der Waals surface area contributed by atoms with E-state index in [1.807, 2.05) is 0 Å². The van der Waals surface area contributed by atoms with Crippen LogP contribution in [0, 0.1) is 0 Å². The zero-order chi connectivity index (χ0) is 14.8. The molecule has 2 aromatic rings. The second kappa shape index (κ2) is 5.60. The molecule has 5 nitrogen and oxygen atoms in total. The number of pyridine rings is 1. The number of nitrogens with zero attached hydrogens (tertiary/aromatic N) is 1. The van der Waals surface area contributed by atoms with Crippen molar-refractivity contribution in [2.45, 2.75) is 11.8 Å². The molecule has 2 rings (SSSR count). The van der Waals surface area contributed by atoms with Crippen molar-refractivity contribution in [1.82, 2.24) is 4.98 Å². The Labute approximate surface area is 121 Å². The van der Waals surface area contributed by atoms with Crippen molar-refractivity contribution in [2.24, 2.45) is 0 Å². The lowest BCUT2D eigenvalue weighted by molar-refractivity contribution is 0.101. The maximum absolute atomic E-state index is 12.2. The fraction of sp³-hybridized carbons (Fsp3) is 0.0769. The quantitative estimate of drug-likeness (QED) is 0.881. The van der Waals surface area contributed by atoms with Gasteiger partial charge < -0.3 is 0 Å². The van der Waals surface area contributed by atoms with E-state index in [0.717, 1.165) is 0 Å². The van der Waals surface area contributed by atoms with E-state index in [-0.39, 0.29) is 21.5 Å².